The molecule has 0 aromatic heterocycles. The summed E-state index contributed by atoms with van der Waals surface area (Å²) in [4.78, 5) is 24.8. The maximum absolute atomic E-state index is 13.7. The molecule has 4 rings (SSSR count). The van der Waals surface area contributed by atoms with Gasteiger partial charge in [-0.05, 0) is 62.2 Å². The minimum atomic E-state index is -0.559. The molecule has 7 heteroatoms. The lowest BCUT2D eigenvalue weighted by Gasteiger charge is -2.19. The number of alkyl carbamates (subject to hydrolysis) is 1. The molecule has 0 spiro atoms. The Kier molecular flexibility index (Phi) is 6.36. The number of carbonyl (C=O) groups excluding carboxylic acids is 2. The number of nitrogens with one attached hydrogen (secondary N) is 3. The molecule has 3 N–H and O–H groups in total. The summed E-state index contributed by atoms with van der Waals surface area (Å²) >= 11 is 0. The molecule has 0 unspecified atom stereocenters. The number of ether oxygens (including phenoxy) is 1. The predicted octanol–water partition coefficient (Wildman–Crippen LogP) is 5.78. The van der Waals surface area contributed by atoms with E-state index in [1.165, 1.54) is 12.1 Å². The summed E-state index contributed by atoms with van der Waals surface area (Å²) in [6.45, 7) is 5.76. The molecule has 0 saturated carbocycles. The van der Waals surface area contributed by atoms with Crippen molar-refractivity contribution in [2.75, 3.05) is 10.6 Å². The van der Waals surface area contributed by atoms with Crippen LogP contribution in [0.2, 0.25) is 0 Å². The first-order valence-corrected chi connectivity index (χ1v) is 10.9. The van der Waals surface area contributed by atoms with Gasteiger partial charge in [0, 0.05) is 17.8 Å². The Morgan fingerprint density at radius 3 is 2.38 bits per heavy atom. The van der Waals surface area contributed by atoms with E-state index >= 15 is 0 Å². The van der Waals surface area contributed by atoms with Crippen LogP contribution in [0.1, 0.15) is 37.5 Å². The van der Waals surface area contributed by atoms with Crippen LogP contribution >= 0.6 is 0 Å². The zero-order valence-corrected chi connectivity index (χ0v) is 19.2. The van der Waals surface area contributed by atoms with Crippen molar-refractivity contribution >= 4 is 34.6 Å². The molecule has 0 fully saturated rings. The highest BCUT2D eigenvalue weighted by Gasteiger charge is 2.28. The summed E-state index contributed by atoms with van der Waals surface area (Å²) in [5.41, 5.74) is 4.05. The smallest absolute Gasteiger partial charge is 0.407 e. The molecule has 0 radical (unpaired) electrons. The maximum atomic E-state index is 13.7. The zero-order valence-electron chi connectivity index (χ0n) is 19.2. The average Bonchev–Trinajstić information content (AvgIpc) is 3.11. The van der Waals surface area contributed by atoms with E-state index in [9.17, 15) is 14.0 Å². The van der Waals surface area contributed by atoms with E-state index in [4.69, 9.17) is 4.74 Å². The molecule has 1 aliphatic heterocycles. The van der Waals surface area contributed by atoms with E-state index in [1.807, 2.05) is 75.4 Å². The van der Waals surface area contributed by atoms with E-state index in [1.54, 1.807) is 6.07 Å². The molecular formula is C27H26FN3O3. The zero-order chi connectivity index (χ0) is 24.3. The second-order valence-electron chi connectivity index (χ2n) is 8.94. The van der Waals surface area contributed by atoms with Crippen LogP contribution in [0.15, 0.2) is 72.8 Å². The predicted molar refractivity (Wildman–Crippen MR) is 131 cm³/mol. The fraction of sp³-hybridized carbons (Fsp3) is 0.185. The Bertz CT molecular complexity index is 1250. The summed E-state index contributed by atoms with van der Waals surface area (Å²) in [7, 11) is 0. The average molecular weight is 460 g/mol. The third-order valence-electron chi connectivity index (χ3n) is 5.10. The van der Waals surface area contributed by atoms with E-state index in [-0.39, 0.29) is 5.91 Å². The van der Waals surface area contributed by atoms with Gasteiger partial charge in [0.25, 0.3) is 5.91 Å². The van der Waals surface area contributed by atoms with Crippen LogP contribution < -0.4 is 16.0 Å². The second-order valence-corrected chi connectivity index (χ2v) is 8.94. The number of hydrogen-bond donors (Lipinski definition) is 3. The minimum Gasteiger partial charge on any atom is -0.444 e. The Balaban J connectivity index is 1.59. The quantitative estimate of drug-likeness (QED) is 0.423. The van der Waals surface area contributed by atoms with Crippen LogP contribution in [0.25, 0.3) is 11.3 Å². The summed E-state index contributed by atoms with van der Waals surface area (Å²) in [6, 6.07) is 21.3. The van der Waals surface area contributed by atoms with Gasteiger partial charge in [0.1, 0.15) is 11.4 Å². The van der Waals surface area contributed by atoms with Gasteiger partial charge in [-0.15, -0.1) is 0 Å². The first-order valence-electron chi connectivity index (χ1n) is 10.9. The van der Waals surface area contributed by atoms with Crippen LogP contribution in [0.4, 0.5) is 20.6 Å². The monoisotopic (exact) mass is 459 g/mol. The number of benzene rings is 3. The third-order valence-corrected chi connectivity index (χ3v) is 5.10. The summed E-state index contributed by atoms with van der Waals surface area (Å²) < 4.78 is 19.0. The molecular weight excluding hydrogens is 433 g/mol. The van der Waals surface area contributed by atoms with Crippen molar-refractivity contribution in [3.8, 4) is 0 Å². The van der Waals surface area contributed by atoms with Crippen molar-refractivity contribution in [2.45, 2.75) is 32.9 Å². The lowest BCUT2D eigenvalue weighted by Crippen LogP contribution is -2.32. The molecule has 0 aliphatic carbocycles. The molecule has 0 atom stereocenters. The molecule has 0 saturated heterocycles. The number of halogens is 1. The molecule has 3 aromatic rings. The fourth-order valence-corrected chi connectivity index (χ4v) is 3.62. The Morgan fingerprint density at radius 2 is 1.71 bits per heavy atom. The van der Waals surface area contributed by atoms with Crippen molar-refractivity contribution in [3.05, 3.63) is 95.3 Å². The summed E-state index contributed by atoms with van der Waals surface area (Å²) in [5, 5.41) is 8.84. The van der Waals surface area contributed by atoms with Gasteiger partial charge in [-0.2, -0.15) is 0 Å². The minimum absolute atomic E-state index is 0.301. The fourth-order valence-electron chi connectivity index (χ4n) is 3.62. The number of hydrogen-bond acceptors (Lipinski definition) is 4. The molecule has 0 bridgehead atoms. The van der Waals surface area contributed by atoms with E-state index in [0.29, 0.717) is 29.1 Å². The lowest BCUT2D eigenvalue weighted by atomic mass is 10.00. The first-order chi connectivity index (χ1) is 16.2. The van der Waals surface area contributed by atoms with Crippen molar-refractivity contribution in [3.63, 3.8) is 0 Å². The third kappa shape index (κ3) is 5.43. The summed E-state index contributed by atoms with van der Waals surface area (Å²) in [6.07, 6.45) is -0.479. The van der Waals surface area contributed by atoms with E-state index < -0.39 is 17.5 Å². The first kappa shape index (κ1) is 23.0. The molecule has 34 heavy (non-hydrogen) atoms. The molecule has 1 aliphatic rings. The standard InChI is InChI=1S/C27H26FN3O3/c1-27(2,3)34-26(33)29-16-17-9-12-20(13-10-17)30-24(18-7-5-4-6-8-18)23-21-14-11-19(28)15-22(21)31-25(23)32/h4-15,30H,16H2,1-3H3,(H,29,33)(H,31,32)/b24-23-. The van der Waals surface area contributed by atoms with Crippen LogP contribution in [0.5, 0.6) is 0 Å². The highest BCUT2D eigenvalue weighted by atomic mass is 19.1. The Labute approximate surface area is 197 Å². The van der Waals surface area contributed by atoms with Crippen molar-refractivity contribution in [2.24, 2.45) is 0 Å². The normalized spacial score (nSPS) is 14.2. The maximum Gasteiger partial charge on any atom is 0.407 e. The van der Waals surface area contributed by atoms with E-state index in [0.717, 1.165) is 16.8 Å². The van der Waals surface area contributed by atoms with Gasteiger partial charge in [0.15, 0.2) is 0 Å². The number of rotatable bonds is 5. The van der Waals surface area contributed by atoms with E-state index in [2.05, 4.69) is 16.0 Å². The molecule has 6 nitrogen and oxygen atoms in total. The van der Waals surface area contributed by atoms with Crippen LogP contribution in [0, 0.1) is 5.82 Å². The number of anilines is 2. The van der Waals surface area contributed by atoms with Crippen molar-refractivity contribution in [1.29, 1.82) is 0 Å². The highest BCUT2D eigenvalue weighted by molar-refractivity contribution is 6.37. The topological polar surface area (TPSA) is 79.5 Å². The van der Waals surface area contributed by atoms with Crippen molar-refractivity contribution in [1.82, 2.24) is 5.32 Å². The van der Waals surface area contributed by atoms with Gasteiger partial charge in [-0.1, -0.05) is 42.5 Å². The molecule has 2 amide bonds. The van der Waals surface area contributed by atoms with Gasteiger partial charge in [0.2, 0.25) is 0 Å². The van der Waals surface area contributed by atoms with Gasteiger partial charge in [-0.3, -0.25) is 4.79 Å². The van der Waals surface area contributed by atoms with Crippen LogP contribution in [-0.4, -0.2) is 17.6 Å². The van der Waals surface area contributed by atoms with Gasteiger partial charge in [0.05, 0.1) is 17.0 Å². The number of fused-ring (bicyclic) bond motifs is 1. The number of carbonyl (C=O) groups is 2. The Hall–Kier alpha value is -4.13. The highest BCUT2D eigenvalue weighted by Crippen LogP contribution is 2.37. The van der Waals surface area contributed by atoms with Gasteiger partial charge < -0.3 is 20.7 Å². The summed E-state index contributed by atoms with van der Waals surface area (Å²) in [5.74, 6) is -0.713. The number of amides is 2. The van der Waals surface area contributed by atoms with Crippen molar-refractivity contribution < 1.29 is 18.7 Å². The lowest BCUT2D eigenvalue weighted by molar-refractivity contribution is -0.110. The van der Waals surface area contributed by atoms with Gasteiger partial charge >= 0.3 is 6.09 Å². The molecule has 1 heterocycles. The van der Waals surface area contributed by atoms with Gasteiger partial charge in [-0.25, -0.2) is 9.18 Å². The van der Waals surface area contributed by atoms with Crippen LogP contribution in [0.3, 0.4) is 0 Å². The molecule has 3 aromatic carbocycles. The largest absolute Gasteiger partial charge is 0.444 e. The molecule has 174 valence electrons. The second kappa shape index (κ2) is 9.39. The Morgan fingerprint density at radius 1 is 1.00 bits per heavy atom. The van der Waals surface area contributed by atoms with Crippen LogP contribution in [-0.2, 0) is 16.1 Å². The SMILES string of the molecule is CC(C)(C)OC(=O)NCc1ccc(N/C(=C2\C(=O)Nc3cc(F)ccc32)c2ccccc2)cc1.